The first-order valence-electron chi connectivity index (χ1n) is 6.46. The zero-order valence-corrected chi connectivity index (χ0v) is 10.8. The van der Waals surface area contributed by atoms with Crippen molar-refractivity contribution in [3.8, 4) is 0 Å². The van der Waals surface area contributed by atoms with Gasteiger partial charge in [-0.05, 0) is 25.7 Å². The van der Waals surface area contributed by atoms with Gasteiger partial charge in [-0.2, -0.15) is 0 Å². The molecule has 0 amide bonds. The van der Waals surface area contributed by atoms with Crippen molar-refractivity contribution >= 4 is 11.9 Å². The first kappa shape index (κ1) is 11.8. The van der Waals surface area contributed by atoms with Gasteiger partial charge in [-0.1, -0.05) is 13.5 Å². The summed E-state index contributed by atoms with van der Waals surface area (Å²) < 4.78 is 10.7. The topological polar surface area (TPSA) is 52.6 Å². The number of hydrogen-bond donors (Lipinski definition) is 0. The average Bonchev–Trinajstić information content (AvgIpc) is 2.89. The Morgan fingerprint density at radius 3 is 2.94 bits per heavy atom. The third-order valence-electron chi connectivity index (χ3n) is 4.97. The van der Waals surface area contributed by atoms with Gasteiger partial charge in [-0.25, -0.2) is 4.79 Å². The van der Waals surface area contributed by atoms with Crippen LogP contribution in [-0.4, -0.2) is 24.6 Å². The fraction of sp³-hybridized carbons (Fsp3) is 0.714. The number of rotatable bonds is 2. The van der Waals surface area contributed by atoms with Gasteiger partial charge in [-0.15, -0.1) is 0 Å². The summed E-state index contributed by atoms with van der Waals surface area (Å²) in [5.41, 5.74) is 0.167. The van der Waals surface area contributed by atoms with E-state index in [4.69, 9.17) is 9.47 Å². The third-order valence-corrected chi connectivity index (χ3v) is 4.97. The molecule has 2 bridgehead atoms. The molecule has 0 aromatic rings. The van der Waals surface area contributed by atoms with E-state index in [-0.39, 0.29) is 29.4 Å². The smallest absolute Gasteiger partial charge is 0.333 e. The number of carbonyl (C=O) groups is 2. The van der Waals surface area contributed by atoms with Crippen molar-refractivity contribution in [2.45, 2.75) is 32.8 Å². The average molecular weight is 250 g/mol. The quantitative estimate of drug-likeness (QED) is 0.553. The number of ether oxygens (including phenoxy) is 2. The van der Waals surface area contributed by atoms with Crippen LogP contribution in [0.5, 0.6) is 0 Å². The third kappa shape index (κ3) is 1.38. The van der Waals surface area contributed by atoms with Crippen molar-refractivity contribution in [2.75, 3.05) is 6.61 Å². The van der Waals surface area contributed by atoms with Crippen LogP contribution in [0.3, 0.4) is 0 Å². The Morgan fingerprint density at radius 1 is 1.56 bits per heavy atom. The number of hydrogen-bond acceptors (Lipinski definition) is 4. The van der Waals surface area contributed by atoms with E-state index in [0.717, 1.165) is 12.8 Å². The van der Waals surface area contributed by atoms with Crippen LogP contribution in [0.15, 0.2) is 12.2 Å². The van der Waals surface area contributed by atoms with Crippen molar-refractivity contribution in [1.82, 2.24) is 0 Å². The summed E-state index contributed by atoms with van der Waals surface area (Å²) in [4.78, 5) is 23.5. The minimum atomic E-state index is -0.350. The molecular formula is C14H18O4. The molecule has 18 heavy (non-hydrogen) atoms. The highest BCUT2D eigenvalue weighted by Crippen LogP contribution is 2.63. The lowest BCUT2D eigenvalue weighted by Crippen LogP contribution is -2.43. The van der Waals surface area contributed by atoms with Crippen LogP contribution in [0.1, 0.15) is 26.7 Å². The van der Waals surface area contributed by atoms with Gasteiger partial charge in [0.2, 0.25) is 0 Å². The molecule has 0 aromatic heterocycles. The highest BCUT2D eigenvalue weighted by atomic mass is 16.6. The van der Waals surface area contributed by atoms with Gasteiger partial charge < -0.3 is 9.47 Å². The van der Waals surface area contributed by atoms with Gasteiger partial charge in [0.15, 0.2) is 0 Å². The molecule has 0 aromatic carbocycles. The molecule has 5 unspecified atom stereocenters. The molecule has 0 radical (unpaired) electrons. The fourth-order valence-corrected chi connectivity index (χ4v) is 4.10. The summed E-state index contributed by atoms with van der Waals surface area (Å²) in [6.45, 7) is 7.84. The second kappa shape index (κ2) is 3.59. The second-order valence-electron chi connectivity index (χ2n) is 6.15. The zero-order valence-electron chi connectivity index (χ0n) is 10.8. The Labute approximate surface area is 106 Å². The summed E-state index contributed by atoms with van der Waals surface area (Å²) in [5, 5.41) is 0. The number of esters is 2. The fourth-order valence-electron chi connectivity index (χ4n) is 4.10. The minimum Gasteiger partial charge on any atom is -0.465 e. The van der Waals surface area contributed by atoms with Gasteiger partial charge in [0, 0.05) is 16.9 Å². The Kier molecular flexibility index (Phi) is 2.34. The first-order valence-corrected chi connectivity index (χ1v) is 6.46. The molecule has 2 saturated carbocycles. The van der Waals surface area contributed by atoms with E-state index in [1.165, 1.54) is 0 Å². The molecule has 3 aliphatic rings. The molecule has 1 saturated heterocycles. The maximum Gasteiger partial charge on any atom is 0.333 e. The number of fused-ring (bicyclic) bond motifs is 5. The summed E-state index contributed by atoms with van der Waals surface area (Å²) >= 11 is 0. The molecular weight excluding hydrogens is 232 g/mol. The van der Waals surface area contributed by atoms with Crippen LogP contribution in [0, 0.1) is 23.2 Å². The zero-order chi connectivity index (χ0) is 13.1. The number of carbonyl (C=O) groups excluding carboxylic acids is 2. The summed E-state index contributed by atoms with van der Waals surface area (Å²) in [6, 6.07) is 0. The maximum atomic E-state index is 11.8. The van der Waals surface area contributed by atoms with Crippen molar-refractivity contribution in [3.63, 3.8) is 0 Å². The van der Waals surface area contributed by atoms with E-state index in [1.54, 1.807) is 6.92 Å². The van der Waals surface area contributed by atoms with Gasteiger partial charge in [0.25, 0.3) is 0 Å². The van der Waals surface area contributed by atoms with Crippen LogP contribution in [-0.2, 0) is 19.1 Å². The van der Waals surface area contributed by atoms with Crippen LogP contribution >= 0.6 is 0 Å². The molecule has 98 valence electrons. The minimum absolute atomic E-state index is 0.0841. The van der Waals surface area contributed by atoms with Crippen LogP contribution in [0.2, 0.25) is 0 Å². The lowest BCUT2D eigenvalue weighted by atomic mass is 9.71. The van der Waals surface area contributed by atoms with E-state index in [2.05, 4.69) is 13.5 Å². The van der Waals surface area contributed by atoms with Crippen molar-refractivity contribution < 1.29 is 19.1 Å². The molecule has 3 rings (SSSR count). The van der Waals surface area contributed by atoms with E-state index in [1.807, 2.05) is 0 Å². The Morgan fingerprint density at radius 2 is 2.28 bits per heavy atom. The van der Waals surface area contributed by atoms with Crippen LogP contribution in [0.25, 0.3) is 0 Å². The van der Waals surface area contributed by atoms with Crippen LogP contribution in [0.4, 0.5) is 0 Å². The Bertz CT molecular complexity index is 441. The van der Waals surface area contributed by atoms with Crippen molar-refractivity contribution in [2.24, 2.45) is 23.2 Å². The predicted molar refractivity (Wildman–Crippen MR) is 63.5 cm³/mol. The molecule has 0 N–H and O–H groups in total. The molecule has 2 aliphatic carbocycles. The summed E-state index contributed by atoms with van der Waals surface area (Å²) in [6.07, 6.45) is 1.65. The highest BCUT2D eigenvalue weighted by Gasteiger charge is 2.66. The largest absolute Gasteiger partial charge is 0.465 e. The predicted octanol–water partition coefficient (Wildman–Crippen LogP) is 1.69. The van der Waals surface area contributed by atoms with Crippen molar-refractivity contribution in [1.29, 1.82) is 0 Å². The van der Waals surface area contributed by atoms with E-state index >= 15 is 0 Å². The molecule has 1 aliphatic heterocycles. The number of cyclic esters (lactones) is 1. The summed E-state index contributed by atoms with van der Waals surface area (Å²) in [7, 11) is 0. The molecule has 5 atom stereocenters. The normalized spacial score (nSPS) is 44.7. The molecule has 4 nitrogen and oxygen atoms in total. The molecule has 0 spiro atoms. The van der Waals surface area contributed by atoms with Crippen LogP contribution < -0.4 is 0 Å². The van der Waals surface area contributed by atoms with Gasteiger partial charge >= 0.3 is 11.9 Å². The maximum absolute atomic E-state index is 11.8. The van der Waals surface area contributed by atoms with Gasteiger partial charge in [-0.3, -0.25) is 4.79 Å². The highest BCUT2D eigenvalue weighted by molar-refractivity contribution is 5.87. The Hall–Kier alpha value is -1.32. The standard InChI is InChI=1S/C14H18O4/c1-7(2)12(15)18-10-4-8-5-14(10,3)11-9(8)6-17-13(11)16/h8-11H,1,4-6H2,2-3H3. The van der Waals surface area contributed by atoms with Gasteiger partial charge in [0.1, 0.15) is 6.10 Å². The van der Waals surface area contributed by atoms with E-state index in [9.17, 15) is 9.59 Å². The van der Waals surface area contributed by atoms with E-state index < -0.39 is 0 Å². The lowest BCUT2D eigenvalue weighted by Gasteiger charge is -2.36. The lowest BCUT2D eigenvalue weighted by molar-refractivity contribution is -0.158. The van der Waals surface area contributed by atoms with E-state index in [0.29, 0.717) is 24.0 Å². The first-order chi connectivity index (χ1) is 8.43. The molecule has 1 heterocycles. The molecule has 3 fully saturated rings. The SMILES string of the molecule is C=C(C)C(=O)OC1CC2CC1(C)C1C(=O)OCC21. The second-order valence-corrected chi connectivity index (χ2v) is 6.15. The summed E-state index contributed by atoms with van der Waals surface area (Å²) in [5.74, 6) is 0.244. The van der Waals surface area contributed by atoms with Crippen molar-refractivity contribution in [3.05, 3.63) is 12.2 Å². The monoisotopic (exact) mass is 250 g/mol. The Balaban J connectivity index is 1.82. The van der Waals surface area contributed by atoms with Gasteiger partial charge in [0.05, 0.1) is 12.5 Å². The molecule has 4 heteroatoms.